The van der Waals surface area contributed by atoms with Crippen molar-refractivity contribution in [2.75, 3.05) is 0 Å². The van der Waals surface area contributed by atoms with Crippen molar-refractivity contribution in [3.63, 3.8) is 0 Å². The molecule has 0 aromatic carbocycles. The number of hydrogen-bond donors (Lipinski definition) is 5. The monoisotopic (exact) mass is 199 g/mol. The summed E-state index contributed by atoms with van der Waals surface area (Å²) in [6.45, 7) is 1.11. The second-order valence-corrected chi connectivity index (χ2v) is 3.58. The molecule has 0 aromatic heterocycles. The smallest absolute Gasteiger partial charge is 0.401 e. The van der Waals surface area contributed by atoms with Gasteiger partial charge in [0, 0.05) is 0 Å². The lowest BCUT2D eigenvalue weighted by atomic mass is 10.2. The number of nitrogens with one attached hydrogen (secondary N) is 1. The largest absolute Gasteiger partial charge is 0.480 e. The van der Waals surface area contributed by atoms with Gasteiger partial charge in [0.05, 0.1) is 6.10 Å². The Morgan fingerprint density at radius 1 is 1.50 bits per heavy atom. The maximum absolute atomic E-state index is 10.3. The van der Waals surface area contributed by atoms with Crippen LogP contribution in [0.2, 0.25) is 0 Å². The van der Waals surface area contributed by atoms with Crippen LogP contribution in [0.25, 0.3) is 0 Å². The molecule has 0 saturated heterocycles. The first-order chi connectivity index (χ1) is 5.24. The minimum atomic E-state index is -4.62. The highest BCUT2D eigenvalue weighted by Gasteiger charge is 2.29. The maximum atomic E-state index is 10.3. The van der Waals surface area contributed by atoms with Crippen LogP contribution in [0, 0.1) is 0 Å². The Bertz CT molecular complexity index is 210. The van der Waals surface area contributed by atoms with Crippen molar-refractivity contribution >= 4 is 13.7 Å². The fraction of sp³-hybridized carbons (Fsp3) is 0.750. The van der Waals surface area contributed by atoms with E-state index >= 15 is 0 Å². The van der Waals surface area contributed by atoms with Gasteiger partial charge >= 0.3 is 13.7 Å². The van der Waals surface area contributed by atoms with E-state index in [1.165, 1.54) is 5.09 Å². The molecule has 0 heterocycles. The fourth-order valence-corrected chi connectivity index (χ4v) is 1.24. The number of carbonyl (C=O) groups is 1. The van der Waals surface area contributed by atoms with E-state index < -0.39 is 25.9 Å². The maximum Gasteiger partial charge on any atom is 0.401 e. The summed E-state index contributed by atoms with van der Waals surface area (Å²) < 4.78 is 10.3. The summed E-state index contributed by atoms with van der Waals surface area (Å²) in [5, 5.41) is 18.6. The molecule has 0 aliphatic heterocycles. The van der Waals surface area contributed by atoms with Gasteiger partial charge in [-0.25, -0.2) is 9.65 Å². The van der Waals surface area contributed by atoms with E-state index in [-0.39, 0.29) is 0 Å². The van der Waals surface area contributed by atoms with Crippen molar-refractivity contribution < 1.29 is 29.4 Å². The first-order valence-corrected chi connectivity index (χ1v) is 4.59. The minimum absolute atomic E-state index is 1.11. The number of carboxylic acid groups (broad SMARTS) is 1. The molecule has 0 amide bonds. The highest BCUT2D eigenvalue weighted by Crippen LogP contribution is 2.29. The summed E-state index contributed by atoms with van der Waals surface area (Å²) in [7, 11) is -4.62. The van der Waals surface area contributed by atoms with Crippen molar-refractivity contribution in [2.24, 2.45) is 0 Å². The van der Waals surface area contributed by atoms with Crippen LogP contribution in [0.1, 0.15) is 6.92 Å². The second kappa shape index (κ2) is 3.97. The van der Waals surface area contributed by atoms with Gasteiger partial charge in [0.15, 0.2) is 0 Å². The number of carboxylic acids is 1. The van der Waals surface area contributed by atoms with E-state index in [2.05, 4.69) is 0 Å². The fourth-order valence-electron chi connectivity index (χ4n) is 0.551. The van der Waals surface area contributed by atoms with Crippen LogP contribution < -0.4 is 5.09 Å². The molecular formula is C4H10NO6P. The first-order valence-electron chi connectivity index (χ1n) is 2.98. The highest BCUT2D eigenvalue weighted by molar-refractivity contribution is 7.49. The summed E-state index contributed by atoms with van der Waals surface area (Å²) in [5.41, 5.74) is 0. The molecule has 0 saturated carbocycles. The molecule has 0 bridgehead atoms. The minimum Gasteiger partial charge on any atom is -0.480 e. The van der Waals surface area contributed by atoms with Gasteiger partial charge in [-0.1, -0.05) is 0 Å². The first kappa shape index (κ1) is 11.5. The Balaban J connectivity index is 4.35. The number of rotatable bonds is 4. The van der Waals surface area contributed by atoms with Crippen LogP contribution in [-0.2, 0) is 9.36 Å². The predicted molar refractivity (Wildman–Crippen MR) is 38.3 cm³/mol. The normalized spacial score (nSPS) is 17.0. The zero-order valence-corrected chi connectivity index (χ0v) is 7.10. The van der Waals surface area contributed by atoms with Gasteiger partial charge < -0.3 is 20.0 Å². The van der Waals surface area contributed by atoms with E-state index in [1.807, 2.05) is 0 Å². The molecular weight excluding hydrogens is 189 g/mol. The lowest BCUT2D eigenvalue weighted by molar-refractivity contribution is -0.141. The average molecular weight is 199 g/mol. The third-order valence-corrected chi connectivity index (χ3v) is 1.67. The number of aliphatic hydroxyl groups excluding tert-OH is 1. The highest BCUT2D eigenvalue weighted by atomic mass is 31.2. The summed E-state index contributed by atoms with van der Waals surface area (Å²) >= 11 is 0. The van der Waals surface area contributed by atoms with Gasteiger partial charge in [-0.05, 0) is 6.92 Å². The molecule has 0 unspecified atom stereocenters. The summed E-state index contributed by atoms with van der Waals surface area (Å²) in [4.78, 5) is 26.9. The Hall–Kier alpha value is -0.460. The molecule has 0 radical (unpaired) electrons. The molecule has 0 fully saturated rings. The van der Waals surface area contributed by atoms with E-state index in [1.54, 1.807) is 0 Å². The molecule has 0 aliphatic carbocycles. The van der Waals surface area contributed by atoms with Crippen molar-refractivity contribution in [1.82, 2.24) is 5.09 Å². The Morgan fingerprint density at radius 3 is 2.00 bits per heavy atom. The molecule has 5 N–H and O–H groups in total. The molecule has 7 nitrogen and oxygen atoms in total. The zero-order valence-electron chi connectivity index (χ0n) is 6.21. The van der Waals surface area contributed by atoms with Crippen LogP contribution in [-0.4, -0.2) is 38.1 Å². The predicted octanol–water partition coefficient (Wildman–Crippen LogP) is -1.50. The van der Waals surface area contributed by atoms with Gasteiger partial charge in [-0.3, -0.25) is 4.79 Å². The van der Waals surface area contributed by atoms with Gasteiger partial charge in [0.1, 0.15) is 6.04 Å². The SMILES string of the molecule is C[C@H](O)[C@@H](NP(=O)(O)O)C(=O)O. The average Bonchev–Trinajstić information content (AvgIpc) is 1.79. The summed E-state index contributed by atoms with van der Waals surface area (Å²) in [6, 6.07) is -1.66. The van der Waals surface area contributed by atoms with Gasteiger partial charge in [0.2, 0.25) is 0 Å². The van der Waals surface area contributed by atoms with Crippen LogP contribution in [0.3, 0.4) is 0 Å². The van der Waals surface area contributed by atoms with E-state index in [9.17, 15) is 9.36 Å². The van der Waals surface area contributed by atoms with Gasteiger partial charge in [-0.15, -0.1) is 0 Å². The Labute approximate surface area is 68.2 Å². The summed E-state index contributed by atoms with van der Waals surface area (Å²) in [6.07, 6.45) is -1.38. The van der Waals surface area contributed by atoms with Crippen molar-refractivity contribution in [3.8, 4) is 0 Å². The zero-order chi connectivity index (χ0) is 9.94. The second-order valence-electron chi connectivity index (χ2n) is 2.23. The molecule has 0 aliphatic rings. The lowest BCUT2D eigenvalue weighted by Gasteiger charge is -2.17. The molecule has 0 spiro atoms. The Morgan fingerprint density at radius 2 is 1.92 bits per heavy atom. The molecule has 8 heteroatoms. The van der Waals surface area contributed by atoms with Crippen molar-refractivity contribution in [1.29, 1.82) is 0 Å². The molecule has 72 valence electrons. The Kier molecular flexibility index (Phi) is 3.82. The van der Waals surface area contributed by atoms with Crippen molar-refractivity contribution in [2.45, 2.75) is 19.1 Å². The standard InChI is InChI=1S/C4H10NO6P/c1-2(6)3(4(7)8)5-12(9,10)11/h2-3,6H,1H3,(H,7,8)(H3,5,9,10,11)/t2-,3+/m0/s1. The van der Waals surface area contributed by atoms with Crippen LogP contribution in [0.4, 0.5) is 0 Å². The molecule has 12 heavy (non-hydrogen) atoms. The summed E-state index contributed by atoms with van der Waals surface area (Å²) in [5.74, 6) is -1.52. The van der Waals surface area contributed by atoms with Crippen LogP contribution >= 0.6 is 7.75 Å². The van der Waals surface area contributed by atoms with Crippen LogP contribution in [0.5, 0.6) is 0 Å². The number of aliphatic hydroxyl groups is 1. The quantitative estimate of drug-likeness (QED) is 0.349. The third-order valence-electron chi connectivity index (χ3n) is 1.06. The molecule has 0 rings (SSSR count). The number of hydrogen-bond acceptors (Lipinski definition) is 3. The van der Waals surface area contributed by atoms with E-state index in [4.69, 9.17) is 20.0 Å². The van der Waals surface area contributed by atoms with E-state index in [0.29, 0.717) is 0 Å². The van der Waals surface area contributed by atoms with E-state index in [0.717, 1.165) is 6.92 Å². The van der Waals surface area contributed by atoms with Gasteiger partial charge in [0.25, 0.3) is 0 Å². The number of aliphatic carboxylic acids is 1. The topological polar surface area (TPSA) is 127 Å². The van der Waals surface area contributed by atoms with Crippen LogP contribution in [0.15, 0.2) is 0 Å². The molecule has 2 atom stereocenters. The van der Waals surface area contributed by atoms with Crippen molar-refractivity contribution in [3.05, 3.63) is 0 Å². The molecule has 0 aromatic rings. The third kappa shape index (κ3) is 4.42. The lowest BCUT2D eigenvalue weighted by Crippen LogP contribution is -2.42. The van der Waals surface area contributed by atoms with Gasteiger partial charge in [-0.2, -0.15) is 0 Å².